The smallest absolute Gasteiger partial charge is 0.227 e. The lowest BCUT2D eigenvalue weighted by Crippen LogP contribution is -2.38. The third kappa shape index (κ3) is 6.23. The Kier molecular flexibility index (Phi) is 8.15. The van der Waals surface area contributed by atoms with Gasteiger partial charge < -0.3 is 20.3 Å². The molecule has 1 aromatic rings. The average Bonchev–Trinajstić information content (AvgIpc) is 3.38. The van der Waals surface area contributed by atoms with Crippen molar-refractivity contribution in [2.45, 2.75) is 64.5 Å². The lowest BCUT2D eigenvalue weighted by atomic mass is 10.2. The van der Waals surface area contributed by atoms with Gasteiger partial charge in [-0.1, -0.05) is 25.0 Å². The van der Waals surface area contributed by atoms with Crippen LogP contribution in [-0.2, 0) is 16.1 Å². The second-order valence-electron chi connectivity index (χ2n) is 7.57. The molecule has 1 aliphatic carbocycles. The average molecular weight is 387 g/mol. The van der Waals surface area contributed by atoms with Gasteiger partial charge in [0.15, 0.2) is 5.96 Å². The molecular formula is C22H34N4O2. The molecule has 6 nitrogen and oxygen atoms in total. The summed E-state index contributed by atoms with van der Waals surface area (Å²) in [5.41, 5.74) is 2.12. The van der Waals surface area contributed by atoms with Gasteiger partial charge in [0.1, 0.15) is 0 Å². The minimum Gasteiger partial charge on any atom is -0.378 e. The molecule has 2 aliphatic rings. The Hall–Kier alpha value is -2.08. The van der Waals surface area contributed by atoms with Crippen molar-refractivity contribution in [3.63, 3.8) is 0 Å². The van der Waals surface area contributed by atoms with Crippen LogP contribution in [0.3, 0.4) is 0 Å². The van der Waals surface area contributed by atoms with E-state index in [0.29, 0.717) is 19.1 Å². The molecule has 1 saturated heterocycles. The first kappa shape index (κ1) is 20.6. The summed E-state index contributed by atoms with van der Waals surface area (Å²) in [5, 5.41) is 6.68. The first-order valence-electron chi connectivity index (χ1n) is 10.8. The number of ether oxygens (including phenoxy) is 1. The van der Waals surface area contributed by atoms with E-state index in [4.69, 9.17) is 4.74 Å². The lowest BCUT2D eigenvalue weighted by Gasteiger charge is -2.16. The van der Waals surface area contributed by atoms with Crippen molar-refractivity contribution in [2.75, 3.05) is 31.1 Å². The van der Waals surface area contributed by atoms with Crippen LogP contribution in [0, 0.1) is 0 Å². The van der Waals surface area contributed by atoms with Crippen LogP contribution in [0.15, 0.2) is 29.3 Å². The highest BCUT2D eigenvalue weighted by molar-refractivity contribution is 5.95. The van der Waals surface area contributed by atoms with Crippen LogP contribution in [-0.4, -0.2) is 44.2 Å². The van der Waals surface area contributed by atoms with Crippen molar-refractivity contribution in [1.29, 1.82) is 0 Å². The monoisotopic (exact) mass is 386 g/mol. The van der Waals surface area contributed by atoms with Gasteiger partial charge in [-0.05, 0) is 50.3 Å². The maximum Gasteiger partial charge on any atom is 0.227 e. The van der Waals surface area contributed by atoms with Crippen LogP contribution in [0.25, 0.3) is 0 Å². The van der Waals surface area contributed by atoms with Gasteiger partial charge in [-0.3, -0.25) is 4.79 Å². The van der Waals surface area contributed by atoms with Gasteiger partial charge in [0.05, 0.1) is 12.6 Å². The normalized spacial score (nSPS) is 18.1. The summed E-state index contributed by atoms with van der Waals surface area (Å²) in [6.07, 6.45) is 8.17. The minimum absolute atomic E-state index is 0.223. The molecule has 28 heavy (non-hydrogen) atoms. The minimum atomic E-state index is 0.223. The van der Waals surface area contributed by atoms with E-state index in [1.54, 1.807) is 0 Å². The van der Waals surface area contributed by atoms with Crippen LogP contribution in [0.2, 0.25) is 0 Å². The Balaban J connectivity index is 1.42. The summed E-state index contributed by atoms with van der Waals surface area (Å²) >= 11 is 0. The molecule has 0 atom stereocenters. The van der Waals surface area contributed by atoms with Crippen LogP contribution in [0.4, 0.5) is 5.69 Å². The molecule has 1 heterocycles. The zero-order valence-electron chi connectivity index (χ0n) is 17.1. The first-order valence-corrected chi connectivity index (χ1v) is 10.8. The number of guanidine groups is 1. The molecular weight excluding hydrogens is 352 g/mol. The van der Waals surface area contributed by atoms with E-state index in [9.17, 15) is 4.79 Å². The number of hydrogen-bond acceptors (Lipinski definition) is 3. The van der Waals surface area contributed by atoms with E-state index in [1.807, 2.05) is 17.0 Å². The Labute approximate surface area is 168 Å². The Morgan fingerprint density at radius 1 is 1.18 bits per heavy atom. The van der Waals surface area contributed by atoms with E-state index in [1.165, 1.54) is 25.7 Å². The van der Waals surface area contributed by atoms with Crippen molar-refractivity contribution >= 4 is 17.6 Å². The van der Waals surface area contributed by atoms with E-state index in [2.05, 4.69) is 34.7 Å². The molecule has 1 aliphatic heterocycles. The third-order valence-corrected chi connectivity index (χ3v) is 5.35. The zero-order chi connectivity index (χ0) is 19.6. The maximum atomic E-state index is 11.8. The fourth-order valence-corrected chi connectivity index (χ4v) is 3.80. The molecule has 6 heteroatoms. The number of nitrogens with one attached hydrogen (secondary N) is 2. The topological polar surface area (TPSA) is 66.0 Å². The van der Waals surface area contributed by atoms with Crippen molar-refractivity contribution in [3.05, 3.63) is 29.8 Å². The van der Waals surface area contributed by atoms with E-state index in [0.717, 1.165) is 56.3 Å². The molecule has 2 fully saturated rings. The molecule has 154 valence electrons. The predicted octanol–water partition coefficient (Wildman–Crippen LogP) is 3.22. The van der Waals surface area contributed by atoms with E-state index in [-0.39, 0.29) is 5.91 Å². The van der Waals surface area contributed by atoms with Crippen molar-refractivity contribution in [2.24, 2.45) is 4.99 Å². The number of benzene rings is 1. The highest BCUT2D eigenvalue weighted by Crippen LogP contribution is 2.22. The molecule has 0 unspecified atom stereocenters. The van der Waals surface area contributed by atoms with E-state index >= 15 is 0 Å². The fourth-order valence-electron chi connectivity index (χ4n) is 3.80. The van der Waals surface area contributed by atoms with Crippen molar-refractivity contribution in [1.82, 2.24) is 10.6 Å². The Morgan fingerprint density at radius 3 is 2.64 bits per heavy atom. The summed E-state index contributed by atoms with van der Waals surface area (Å²) in [6.45, 7) is 6.02. The lowest BCUT2D eigenvalue weighted by molar-refractivity contribution is -0.117. The largest absolute Gasteiger partial charge is 0.378 e. The summed E-state index contributed by atoms with van der Waals surface area (Å²) in [4.78, 5) is 18.4. The SMILES string of the molecule is CCNC(=NCc1ccc(N2CCCC2=O)cc1)NCCCOC1CCCC1. The van der Waals surface area contributed by atoms with Crippen LogP contribution >= 0.6 is 0 Å². The van der Waals surface area contributed by atoms with Gasteiger partial charge in [0.2, 0.25) is 5.91 Å². The molecule has 0 radical (unpaired) electrons. The van der Waals surface area contributed by atoms with Crippen LogP contribution in [0.5, 0.6) is 0 Å². The maximum absolute atomic E-state index is 11.8. The first-order chi connectivity index (χ1) is 13.8. The second kappa shape index (κ2) is 11.1. The number of carbonyl (C=O) groups excluding carboxylic acids is 1. The van der Waals surface area contributed by atoms with Gasteiger partial charge in [-0.2, -0.15) is 0 Å². The van der Waals surface area contributed by atoms with Crippen molar-refractivity contribution < 1.29 is 9.53 Å². The molecule has 1 amide bonds. The van der Waals surface area contributed by atoms with Gasteiger partial charge in [-0.15, -0.1) is 0 Å². The van der Waals surface area contributed by atoms with Crippen LogP contribution < -0.4 is 15.5 Å². The fraction of sp³-hybridized carbons (Fsp3) is 0.636. The summed E-state index contributed by atoms with van der Waals surface area (Å²) < 4.78 is 5.91. The van der Waals surface area contributed by atoms with Gasteiger partial charge in [0, 0.05) is 38.3 Å². The molecule has 1 aromatic carbocycles. The quantitative estimate of drug-likeness (QED) is 0.389. The predicted molar refractivity (Wildman–Crippen MR) is 114 cm³/mol. The highest BCUT2D eigenvalue weighted by atomic mass is 16.5. The Bertz CT molecular complexity index is 638. The number of aliphatic imine (C=N–C) groups is 1. The van der Waals surface area contributed by atoms with Gasteiger partial charge >= 0.3 is 0 Å². The number of carbonyl (C=O) groups is 1. The number of amides is 1. The van der Waals surface area contributed by atoms with E-state index < -0.39 is 0 Å². The van der Waals surface area contributed by atoms with Crippen LogP contribution in [0.1, 0.15) is 57.4 Å². The number of rotatable bonds is 9. The number of nitrogens with zero attached hydrogens (tertiary/aromatic N) is 2. The molecule has 0 spiro atoms. The molecule has 0 bridgehead atoms. The molecule has 3 rings (SSSR count). The zero-order valence-corrected chi connectivity index (χ0v) is 17.1. The summed E-state index contributed by atoms with van der Waals surface area (Å²) in [7, 11) is 0. The summed E-state index contributed by atoms with van der Waals surface area (Å²) in [5.74, 6) is 1.06. The second-order valence-corrected chi connectivity index (χ2v) is 7.57. The Morgan fingerprint density at radius 2 is 1.96 bits per heavy atom. The standard InChI is InChI=1S/C22H34N4O2/c1-2-23-22(24-14-6-16-28-20-7-3-4-8-20)25-17-18-10-12-19(13-11-18)26-15-5-9-21(26)27/h10-13,20H,2-9,14-17H2,1H3,(H2,23,24,25). The van der Waals surface area contributed by atoms with Gasteiger partial charge in [-0.25, -0.2) is 4.99 Å². The number of anilines is 1. The molecule has 0 aromatic heterocycles. The third-order valence-electron chi connectivity index (χ3n) is 5.35. The molecule has 1 saturated carbocycles. The van der Waals surface area contributed by atoms with Crippen molar-refractivity contribution in [3.8, 4) is 0 Å². The highest BCUT2D eigenvalue weighted by Gasteiger charge is 2.21. The number of hydrogen-bond donors (Lipinski definition) is 2. The van der Waals surface area contributed by atoms with Gasteiger partial charge in [0.25, 0.3) is 0 Å². The summed E-state index contributed by atoms with van der Waals surface area (Å²) in [6, 6.07) is 8.16. The molecule has 2 N–H and O–H groups in total.